The van der Waals surface area contributed by atoms with Crippen molar-refractivity contribution in [2.75, 3.05) is 13.1 Å². The Morgan fingerprint density at radius 1 is 1.33 bits per heavy atom. The zero-order chi connectivity index (χ0) is 11.5. The molecule has 1 saturated heterocycles. The maximum atomic E-state index is 3.59. The van der Waals surface area contributed by atoms with Crippen LogP contribution in [0.2, 0.25) is 0 Å². The Hall–Kier alpha value is -0.0800. The number of nitrogens with one attached hydrogen (secondary N) is 1. The summed E-state index contributed by atoms with van der Waals surface area (Å²) < 4.78 is 0. The van der Waals surface area contributed by atoms with E-state index in [1.54, 1.807) is 0 Å². The molecule has 1 aliphatic heterocycles. The van der Waals surface area contributed by atoms with E-state index in [0.717, 1.165) is 12.6 Å². The Morgan fingerprint density at radius 2 is 2.00 bits per heavy atom. The van der Waals surface area contributed by atoms with Gasteiger partial charge in [-0.05, 0) is 33.6 Å². The molecule has 1 N–H and O–H groups in total. The molecule has 0 aromatic heterocycles. The summed E-state index contributed by atoms with van der Waals surface area (Å²) in [6.07, 6.45) is 3.84. The summed E-state index contributed by atoms with van der Waals surface area (Å²) in [6, 6.07) is 1.37. The molecule has 90 valence electrons. The van der Waals surface area contributed by atoms with Crippen molar-refractivity contribution in [3.63, 3.8) is 0 Å². The van der Waals surface area contributed by atoms with Crippen LogP contribution in [-0.2, 0) is 0 Å². The first kappa shape index (κ1) is 13.0. The summed E-state index contributed by atoms with van der Waals surface area (Å²) in [7, 11) is 0. The third-order valence-electron chi connectivity index (χ3n) is 3.72. The standard InChI is InChI=1S/C13H28N2/c1-6-8-13(4,5)15-10-11(3)14-9-12(15)7-2/h11-12,14H,6-10H2,1-5H3. The van der Waals surface area contributed by atoms with Crippen molar-refractivity contribution in [1.82, 2.24) is 10.2 Å². The van der Waals surface area contributed by atoms with Crippen LogP contribution in [0.3, 0.4) is 0 Å². The molecule has 2 nitrogen and oxygen atoms in total. The Bertz CT molecular complexity index is 189. The topological polar surface area (TPSA) is 15.3 Å². The smallest absolute Gasteiger partial charge is 0.0224 e. The first-order valence-electron chi connectivity index (χ1n) is 6.51. The Kier molecular flexibility index (Phi) is 4.60. The van der Waals surface area contributed by atoms with Crippen LogP contribution in [0.25, 0.3) is 0 Å². The van der Waals surface area contributed by atoms with Gasteiger partial charge in [0.05, 0.1) is 0 Å². The van der Waals surface area contributed by atoms with Gasteiger partial charge >= 0.3 is 0 Å². The molecule has 15 heavy (non-hydrogen) atoms. The molecule has 1 heterocycles. The normalized spacial score (nSPS) is 29.4. The zero-order valence-electron chi connectivity index (χ0n) is 11.1. The molecule has 1 aliphatic rings. The second kappa shape index (κ2) is 5.31. The van der Waals surface area contributed by atoms with Crippen molar-refractivity contribution in [2.45, 2.75) is 71.5 Å². The summed E-state index contributed by atoms with van der Waals surface area (Å²) >= 11 is 0. The molecule has 0 aromatic carbocycles. The van der Waals surface area contributed by atoms with Crippen molar-refractivity contribution < 1.29 is 0 Å². The molecule has 0 spiro atoms. The molecule has 0 saturated carbocycles. The lowest BCUT2D eigenvalue weighted by Crippen LogP contribution is -2.61. The summed E-state index contributed by atoms with van der Waals surface area (Å²) in [6.45, 7) is 14.0. The summed E-state index contributed by atoms with van der Waals surface area (Å²) in [5.74, 6) is 0. The molecule has 1 rings (SSSR count). The van der Waals surface area contributed by atoms with Gasteiger partial charge in [0.15, 0.2) is 0 Å². The van der Waals surface area contributed by atoms with E-state index >= 15 is 0 Å². The van der Waals surface area contributed by atoms with E-state index in [-0.39, 0.29) is 0 Å². The lowest BCUT2D eigenvalue weighted by molar-refractivity contribution is 0.0260. The Labute approximate surface area is 95.4 Å². The van der Waals surface area contributed by atoms with Gasteiger partial charge in [0.1, 0.15) is 0 Å². The van der Waals surface area contributed by atoms with Gasteiger partial charge in [-0.2, -0.15) is 0 Å². The van der Waals surface area contributed by atoms with Crippen LogP contribution in [-0.4, -0.2) is 35.6 Å². The minimum atomic E-state index is 0.367. The van der Waals surface area contributed by atoms with E-state index in [9.17, 15) is 0 Å². The lowest BCUT2D eigenvalue weighted by Gasteiger charge is -2.48. The molecule has 1 fully saturated rings. The second-order valence-corrected chi connectivity index (χ2v) is 5.59. The van der Waals surface area contributed by atoms with Crippen LogP contribution >= 0.6 is 0 Å². The predicted octanol–water partition coefficient (Wildman–Crippen LogP) is 2.64. The van der Waals surface area contributed by atoms with E-state index in [1.807, 2.05) is 0 Å². The number of nitrogens with zero attached hydrogens (tertiary/aromatic N) is 1. The predicted molar refractivity (Wildman–Crippen MR) is 67.2 cm³/mol. The van der Waals surface area contributed by atoms with Crippen molar-refractivity contribution in [2.24, 2.45) is 0 Å². The quantitative estimate of drug-likeness (QED) is 0.770. The summed E-state index contributed by atoms with van der Waals surface area (Å²) in [4.78, 5) is 2.72. The lowest BCUT2D eigenvalue weighted by atomic mass is 9.91. The second-order valence-electron chi connectivity index (χ2n) is 5.59. The highest BCUT2D eigenvalue weighted by Crippen LogP contribution is 2.26. The van der Waals surface area contributed by atoms with Gasteiger partial charge in [-0.15, -0.1) is 0 Å². The SMILES string of the molecule is CCCC(C)(C)N1CC(C)NCC1CC. The number of hydrogen-bond acceptors (Lipinski definition) is 2. The van der Waals surface area contributed by atoms with Gasteiger partial charge in [-0.25, -0.2) is 0 Å². The maximum absolute atomic E-state index is 3.59. The van der Waals surface area contributed by atoms with Crippen molar-refractivity contribution in [1.29, 1.82) is 0 Å². The van der Waals surface area contributed by atoms with Crippen LogP contribution < -0.4 is 5.32 Å². The zero-order valence-corrected chi connectivity index (χ0v) is 11.1. The van der Waals surface area contributed by atoms with Gasteiger partial charge < -0.3 is 5.32 Å². The molecule has 2 atom stereocenters. The first-order valence-corrected chi connectivity index (χ1v) is 6.51. The molecule has 0 amide bonds. The van der Waals surface area contributed by atoms with E-state index in [0.29, 0.717) is 11.6 Å². The van der Waals surface area contributed by atoms with Crippen LogP contribution in [0.15, 0.2) is 0 Å². The molecule has 0 radical (unpaired) electrons. The third-order valence-corrected chi connectivity index (χ3v) is 3.72. The minimum absolute atomic E-state index is 0.367. The highest BCUT2D eigenvalue weighted by atomic mass is 15.3. The number of piperazine rings is 1. The van der Waals surface area contributed by atoms with Crippen molar-refractivity contribution in [3.8, 4) is 0 Å². The third kappa shape index (κ3) is 3.18. The monoisotopic (exact) mass is 212 g/mol. The first-order chi connectivity index (χ1) is 7.01. The van der Waals surface area contributed by atoms with Gasteiger partial charge in [0, 0.05) is 30.7 Å². The van der Waals surface area contributed by atoms with E-state index in [1.165, 1.54) is 25.8 Å². The van der Waals surface area contributed by atoms with Crippen molar-refractivity contribution in [3.05, 3.63) is 0 Å². The average Bonchev–Trinajstić information content (AvgIpc) is 2.17. The van der Waals surface area contributed by atoms with Gasteiger partial charge in [-0.1, -0.05) is 20.3 Å². The van der Waals surface area contributed by atoms with Crippen LogP contribution in [0.4, 0.5) is 0 Å². The highest BCUT2D eigenvalue weighted by Gasteiger charge is 2.34. The maximum Gasteiger partial charge on any atom is 0.0224 e. The molecule has 0 bridgehead atoms. The molecular weight excluding hydrogens is 184 g/mol. The Balaban J connectivity index is 2.69. The Morgan fingerprint density at radius 3 is 2.53 bits per heavy atom. The summed E-state index contributed by atoms with van der Waals surface area (Å²) in [5.41, 5.74) is 0.367. The summed E-state index contributed by atoms with van der Waals surface area (Å²) in [5, 5.41) is 3.59. The fourth-order valence-electron chi connectivity index (χ4n) is 2.82. The van der Waals surface area contributed by atoms with Crippen LogP contribution in [0.5, 0.6) is 0 Å². The molecular formula is C13H28N2. The number of rotatable bonds is 4. The van der Waals surface area contributed by atoms with Gasteiger partial charge in [-0.3, -0.25) is 4.90 Å². The van der Waals surface area contributed by atoms with E-state index < -0.39 is 0 Å². The van der Waals surface area contributed by atoms with Gasteiger partial charge in [0.2, 0.25) is 0 Å². The minimum Gasteiger partial charge on any atom is -0.311 e. The van der Waals surface area contributed by atoms with Crippen LogP contribution in [0.1, 0.15) is 53.9 Å². The molecule has 0 aromatic rings. The van der Waals surface area contributed by atoms with Crippen molar-refractivity contribution >= 4 is 0 Å². The largest absolute Gasteiger partial charge is 0.311 e. The molecule has 2 unspecified atom stereocenters. The highest BCUT2D eigenvalue weighted by molar-refractivity contribution is 4.92. The van der Waals surface area contributed by atoms with E-state index in [4.69, 9.17) is 0 Å². The molecule has 2 heteroatoms. The fourth-order valence-corrected chi connectivity index (χ4v) is 2.82. The molecule has 0 aliphatic carbocycles. The average molecular weight is 212 g/mol. The van der Waals surface area contributed by atoms with Gasteiger partial charge in [0.25, 0.3) is 0 Å². The number of hydrogen-bond donors (Lipinski definition) is 1. The fraction of sp³-hybridized carbons (Fsp3) is 1.00. The van der Waals surface area contributed by atoms with E-state index in [2.05, 4.69) is 44.8 Å². The van der Waals surface area contributed by atoms with Crippen LogP contribution in [0, 0.1) is 0 Å².